The summed E-state index contributed by atoms with van der Waals surface area (Å²) in [6, 6.07) is 0. The van der Waals surface area contributed by atoms with E-state index in [0.29, 0.717) is 0 Å². The first kappa shape index (κ1) is 8.55. The lowest BCUT2D eigenvalue weighted by Crippen LogP contribution is -2.45. The summed E-state index contributed by atoms with van der Waals surface area (Å²) in [4.78, 5) is 10.5. The van der Waals surface area contributed by atoms with Gasteiger partial charge in [-0.05, 0) is 13.8 Å². The standard InChI is InChI=1S/C5H12N2O2/c1-4(8)5(2,9)3-7-6/h7,9H,3,6H2,1-2H3/t5-/m0/s1. The van der Waals surface area contributed by atoms with E-state index in [0.717, 1.165) is 0 Å². The van der Waals surface area contributed by atoms with Gasteiger partial charge in [-0.2, -0.15) is 0 Å². The predicted octanol–water partition coefficient (Wildman–Crippen LogP) is -1.21. The molecule has 0 aliphatic rings. The van der Waals surface area contributed by atoms with Gasteiger partial charge in [-0.3, -0.25) is 16.1 Å². The van der Waals surface area contributed by atoms with Crippen LogP contribution in [-0.2, 0) is 4.79 Å². The fraction of sp³-hybridized carbons (Fsp3) is 0.800. The van der Waals surface area contributed by atoms with Crippen molar-refractivity contribution in [1.82, 2.24) is 5.43 Å². The molecule has 0 heterocycles. The van der Waals surface area contributed by atoms with E-state index >= 15 is 0 Å². The Kier molecular flexibility index (Phi) is 2.76. The molecule has 0 fully saturated rings. The number of carbonyl (C=O) groups excluding carboxylic acids is 1. The number of aliphatic hydroxyl groups is 1. The number of carbonyl (C=O) groups is 1. The molecule has 54 valence electrons. The van der Waals surface area contributed by atoms with E-state index in [1.807, 2.05) is 0 Å². The summed E-state index contributed by atoms with van der Waals surface area (Å²) in [5.41, 5.74) is 0.894. The third-order valence-corrected chi connectivity index (χ3v) is 1.20. The second kappa shape index (κ2) is 2.91. The van der Waals surface area contributed by atoms with Gasteiger partial charge >= 0.3 is 0 Å². The van der Waals surface area contributed by atoms with Crippen molar-refractivity contribution in [1.29, 1.82) is 0 Å². The number of ketones is 1. The first-order chi connectivity index (χ1) is 4.00. The maximum absolute atomic E-state index is 10.5. The molecule has 4 N–H and O–H groups in total. The van der Waals surface area contributed by atoms with E-state index in [4.69, 9.17) is 10.9 Å². The zero-order chi connectivity index (χ0) is 7.49. The summed E-state index contributed by atoms with van der Waals surface area (Å²) < 4.78 is 0. The van der Waals surface area contributed by atoms with E-state index in [9.17, 15) is 4.79 Å². The van der Waals surface area contributed by atoms with Crippen LogP contribution in [0.25, 0.3) is 0 Å². The minimum Gasteiger partial charge on any atom is -0.381 e. The van der Waals surface area contributed by atoms with E-state index in [2.05, 4.69) is 5.43 Å². The molecule has 0 unspecified atom stereocenters. The number of nitrogens with two attached hydrogens (primary N) is 1. The third kappa shape index (κ3) is 2.55. The quantitative estimate of drug-likeness (QED) is 0.332. The first-order valence-electron chi connectivity index (χ1n) is 2.67. The van der Waals surface area contributed by atoms with Crippen molar-refractivity contribution in [2.75, 3.05) is 6.54 Å². The molecular weight excluding hydrogens is 120 g/mol. The largest absolute Gasteiger partial charge is 0.381 e. The summed E-state index contributed by atoms with van der Waals surface area (Å²) in [5, 5.41) is 9.10. The molecule has 9 heavy (non-hydrogen) atoms. The minimum atomic E-state index is -1.32. The van der Waals surface area contributed by atoms with Gasteiger partial charge in [-0.15, -0.1) is 0 Å². The molecule has 0 amide bonds. The van der Waals surface area contributed by atoms with Crippen molar-refractivity contribution in [3.63, 3.8) is 0 Å². The van der Waals surface area contributed by atoms with Gasteiger partial charge in [0, 0.05) is 6.54 Å². The SMILES string of the molecule is CC(=O)[C@@](C)(O)CNN. The Morgan fingerprint density at radius 2 is 2.33 bits per heavy atom. The topological polar surface area (TPSA) is 75.3 Å². The number of hydrazine groups is 1. The van der Waals surface area contributed by atoms with Gasteiger partial charge in [0.25, 0.3) is 0 Å². The predicted molar refractivity (Wildman–Crippen MR) is 33.5 cm³/mol. The van der Waals surface area contributed by atoms with Crippen LogP contribution >= 0.6 is 0 Å². The Morgan fingerprint density at radius 1 is 1.89 bits per heavy atom. The van der Waals surface area contributed by atoms with Crippen LogP contribution < -0.4 is 11.3 Å². The van der Waals surface area contributed by atoms with Gasteiger partial charge in [0.15, 0.2) is 5.78 Å². The molecule has 0 aromatic rings. The average Bonchev–Trinajstić information content (AvgIpc) is 1.65. The molecule has 1 atom stereocenters. The molecule has 0 bridgehead atoms. The second-order valence-corrected chi connectivity index (χ2v) is 2.21. The van der Waals surface area contributed by atoms with Gasteiger partial charge in [0.05, 0.1) is 0 Å². The van der Waals surface area contributed by atoms with Crippen molar-refractivity contribution in [3.8, 4) is 0 Å². The maximum atomic E-state index is 10.5. The van der Waals surface area contributed by atoms with Crippen molar-refractivity contribution in [2.45, 2.75) is 19.4 Å². The Labute approximate surface area is 54.0 Å². The van der Waals surface area contributed by atoms with Crippen molar-refractivity contribution in [2.24, 2.45) is 5.84 Å². The summed E-state index contributed by atoms with van der Waals surface area (Å²) in [5.74, 6) is 4.60. The fourth-order valence-electron chi connectivity index (χ4n) is 0.323. The monoisotopic (exact) mass is 132 g/mol. The molecule has 0 aromatic carbocycles. The smallest absolute Gasteiger partial charge is 0.162 e. The number of hydrogen-bond donors (Lipinski definition) is 3. The van der Waals surface area contributed by atoms with Crippen molar-refractivity contribution >= 4 is 5.78 Å². The highest BCUT2D eigenvalue weighted by atomic mass is 16.3. The van der Waals surface area contributed by atoms with Crippen LogP contribution in [0.1, 0.15) is 13.8 Å². The fourth-order valence-corrected chi connectivity index (χ4v) is 0.323. The van der Waals surface area contributed by atoms with E-state index in [1.165, 1.54) is 13.8 Å². The van der Waals surface area contributed by atoms with Crippen LogP contribution in [0.4, 0.5) is 0 Å². The maximum Gasteiger partial charge on any atom is 0.162 e. The lowest BCUT2D eigenvalue weighted by molar-refractivity contribution is -0.132. The zero-order valence-corrected chi connectivity index (χ0v) is 5.64. The van der Waals surface area contributed by atoms with Crippen LogP contribution in [0.3, 0.4) is 0 Å². The molecule has 0 spiro atoms. The van der Waals surface area contributed by atoms with E-state index < -0.39 is 5.60 Å². The molecular formula is C5H12N2O2. The van der Waals surface area contributed by atoms with Gasteiger partial charge in [-0.25, -0.2) is 0 Å². The minimum absolute atomic E-state index is 0.0856. The normalized spacial score (nSPS) is 16.9. The first-order valence-corrected chi connectivity index (χ1v) is 2.67. The van der Waals surface area contributed by atoms with Crippen molar-refractivity contribution in [3.05, 3.63) is 0 Å². The Balaban J connectivity index is 3.85. The highest BCUT2D eigenvalue weighted by Gasteiger charge is 2.24. The molecule has 0 aromatic heterocycles. The molecule has 0 aliphatic carbocycles. The summed E-state index contributed by atoms with van der Waals surface area (Å²) in [6.45, 7) is 2.81. The highest BCUT2D eigenvalue weighted by molar-refractivity contribution is 5.84. The Bertz CT molecular complexity index is 112. The number of hydrogen-bond acceptors (Lipinski definition) is 4. The molecule has 4 heteroatoms. The highest BCUT2D eigenvalue weighted by Crippen LogP contribution is 2.00. The lowest BCUT2D eigenvalue weighted by atomic mass is 10.0. The number of rotatable bonds is 3. The van der Waals surface area contributed by atoms with Crippen LogP contribution in [0, 0.1) is 0 Å². The summed E-state index contributed by atoms with van der Waals surface area (Å²) >= 11 is 0. The van der Waals surface area contributed by atoms with Gasteiger partial charge in [0.1, 0.15) is 5.60 Å². The summed E-state index contributed by atoms with van der Waals surface area (Å²) in [7, 11) is 0. The molecule has 0 saturated heterocycles. The third-order valence-electron chi connectivity index (χ3n) is 1.20. The number of nitrogens with one attached hydrogen (secondary N) is 1. The second-order valence-electron chi connectivity index (χ2n) is 2.21. The average molecular weight is 132 g/mol. The van der Waals surface area contributed by atoms with Crippen molar-refractivity contribution < 1.29 is 9.90 Å². The summed E-state index contributed by atoms with van der Waals surface area (Å²) in [6.07, 6.45) is 0. The molecule has 0 aliphatic heterocycles. The van der Waals surface area contributed by atoms with Gasteiger partial charge in [0.2, 0.25) is 0 Å². The molecule has 0 saturated carbocycles. The van der Waals surface area contributed by atoms with E-state index in [1.54, 1.807) is 0 Å². The van der Waals surface area contributed by atoms with Crippen LogP contribution in [0.5, 0.6) is 0 Å². The van der Waals surface area contributed by atoms with Crippen LogP contribution in [0.2, 0.25) is 0 Å². The zero-order valence-electron chi connectivity index (χ0n) is 5.64. The van der Waals surface area contributed by atoms with Gasteiger partial charge in [-0.1, -0.05) is 0 Å². The molecule has 0 radical (unpaired) electrons. The Hall–Kier alpha value is -0.450. The molecule has 4 nitrogen and oxygen atoms in total. The van der Waals surface area contributed by atoms with Gasteiger partial charge < -0.3 is 5.11 Å². The van der Waals surface area contributed by atoms with Crippen LogP contribution in [-0.4, -0.2) is 23.0 Å². The molecule has 0 rings (SSSR count). The van der Waals surface area contributed by atoms with E-state index in [-0.39, 0.29) is 12.3 Å². The lowest BCUT2D eigenvalue weighted by Gasteiger charge is -2.17. The number of Topliss-reactive ketones (excluding diaryl/α,β-unsaturated/α-hetero) is 1. The van der Waals surface area contributed by atoms with Crippen LogP contribution in [0.15, 0.2) is 0 Å². The Morgan fingerprint density at radius 3 is 2.44 bits per heavy atom.